The minimum Gasteiger partial charge on any atom is -0.497 e. The zero-order chi connectivity index (χ0) is 35.5. The molecule has 4 aromatic rings. The van der Waals surface area contributed by atoms with E-state index < -0.39 is 36.0 Å². The van der Waals surface area contributed by atoms with Crippen LogP contribution in [0.5, 0.6) is 28.7 Å². The molecule has 0 bridgehead atoms. The van der Waals surface area contributed by atoms with Gasteiger partial charge in [0, 0.05) is 29.6 Å². The molecule has 50 heavy (non-hydrogen) atoms. The molecule has 264 valence electrons. The van der Waals surface area contributed by atoms with Gasteiger partial charge in [-0.2, -0.15) is 0 Å². The number of fused-ring (bicyclic) bond motifs is 4. The molecule has 0 unspecified atom stereocenters. The fourth-order valence-corrected chi connectivity index (χ4v) is 6.77. The van der Waals surface area contributed by atoms with E-state index in [9.17, 15) is 24.9 Å². The first-order chi connectivity index (χ1) is 24.3. The molecule has 1 aliphatic carbocycles. The number of methoxy groups -OCH3 is 4. The van der Waals surface area contributed by atoms with Crippen LogP contribution in [0.4, 0.5) is 0 Å². The van der Waals surface area contributed by atoms with Gasteiger partial charge < -0.3 is 53.6 Å². The third-order valence-corrected chi connectivity index (χ3v) is 9.16. The zero-order valence-electron chi connectivity index (χ0n) is 28.2. The lowest BCUT2D eigenvalue weighted by atomic mass is 9.77. The van der Waals surface area contributed by atoms with E-state index in [4.69, 9.17) is 28.1 Å². The Kier molecular flexibility index (Phi) is 10.2. The first-order valence-corrected chi connectivity index (χ1v) is 16.1. The van der Waals surface area contributed by atoms with Gasteiger partial charge in [0.25, 0.3) is 5.91 Å². The van der Waals surface area contributed by atoms with E-state index in [1.165, 1.54) is 19.1 Å². The zero-order valence-corrected chi connectivity index (χ0v) is 28.2. The van der Waals surface area contributed by atoms with Gasteiger partial charge in [0.2, 0.25) is 5.91 Å². The Hall–Kier alpha value is -5.24. The average molecular weight is 689 g/mol. The largest absolute Gasteiger partial charge is 0.497 e. The second-order valence-electron chi connectivity index (χ2n) is 11.9. The van der Waals surface area contributed by atoms with E-state index in [1.807, 2.05) is 6.07 Å². The number of aliphatic hydroxyl groups is 3. The molecule has 1 aromatic heterocycles. The van der Waals surface area contributed by atoms with Crippen LogP contribution in [-0.2, 0) is 17.8 Å². The highest BCUT2D eigenvalue weighted by Gasteiger charge is 2.51. The Morgan fingerprint density at radius 3 is 2.40 bits per heavy atom. The molecule has 4 N–H and O–H groups in total. The molecule has 1 aliphatic heterocycles. The Labute approximate surface area is 288 Å². The fourth-order valence-electron chi connectivity index (χ4n) is 6.77. The van der Waals surface area contributed by atoms with Crippen molar-refractivity contribution in [2.24, 2.45) is 0 Å². The van der Waals surface area contributed by atoms with Crippen LogP contribution in [-0.4, -0.2) is 98.4 Å². The van der Waals surface area contributed by atoms with Gasteiger partial charge in [-0.05, 0) is 66.1 Å². The van der Waals surface area contributed by atoms with Crippen LogP contribution in [0.25, 0.3) is 11.0 Å². The second-order valence-corrected chi connectivity index (χ2v) is 11.9. The minimum atomic E-state index is -1.33. The van der Waals surface area contributed by atoms with Crippen LogP contribution >= 0.6 is 0 Å². The van der Waals surface area contributed by atoms with Crippen LogP contribution < -0.4 is 29.0 Å². The van der Waals surface area contributed by atoms with Gasteiger partial charge in [0.1, 0.15) is 23.7 Å². The van der Waals surface area contributed by atoms with Gasteiger partial charge in [0.15, 0.2) is 28.6 Å². The van der Waals surface area contributed by atoms with Crippen LogP contribution in [0.3, 0.4) is 0 Å². The van der Waals surface area contributed by atoms with Crippen molar-refractivity contribution in [3.63, 3.8) is 0 Å². The molecule has 0 saturated carbocycles. The molecule has 0 radical (unpaired) electrons. The third kappa shape index (κ3) is 6.30. The van der Waals surface area contributed by atoms with Gasteiger partial charge in [0.05, 0.1) is 53.6 Å². The summed E-state index contributed by atoms with van der Waals surface area (Å²) in [6.07, 6.45) is -0.505. The van der Waals surface area contributed by atoms with Crippen LogP contribution in [0.1, 0.15) is 33.2 Å². The van der Waals surface area contributed by atoms with Crippen molar-refractivity contribution in [1.29, 1.82) is 0 Å². The van der Waals surface area contributed by atoms with Gasteiger partial charge in [-0.3, -0.25) is 9.59 Å². The summed E-state index contributed by atoms with van der Waals surface area (Å²) in [4.78, 5) is 29.8. The predicted octanol–water partition coefficient (Wildman–Crippen LogP) is 2.97. The molecule has 3 aromatic carbocycles. The van der Waals surface area contributed by atoms with E-state index in [-0.39, 0.29) is 44.1 Å². The first-order valence-electron chi connectivity index (χ1n) is 16.1. The maximum atomic E-state index is 14.6. The summed E-state index contributed by atoms with van der Waals surface area (Å²) in [5.74, 6) is 0.447. The SMILES string of the molecule is COc1ccc(OC)c(CCN(C(=O)c2cc3cccc(OC)c3o2)[C@@H]2C=C(C(=O)NCCO)[C@@H]3c4cc(CO)cc(OC)c4O[C@@H]3[C@H]2O)c1. The maximum absolute atomic E-state index is 14.6. The highest BCUT2D eigenvalue weighted by atomic mass is 16.5. The van der Waals surface area contributed by atoms with Crippen molar-refractivity contribution in [3.05, 3.63) is 88.7 Å². The Morgan fingerprint density at radius 1 is 0.920 bits per heavy atom. The molecule has 2 amide bonds. The number of para-hydroxylation sites is 1. The summed E-state index contributed by atoms with van der Waals surface area (Å²) in [5, 5.41) is 35.0. The molecule has 4 atom stereocenters. The van der Waals surface area contributed by atoms with Gasteiger partial charge in [-0.25, -0.2) is 0 Å². The number of carbonyl (C=O) groups is 2. The fraction of sp³-hybridized carbons (Fsp3) is 0.351. The molecular weight excluding hydrogens is 648 g/mol. The number of benzene rings is 3. The standard InChI is InChI=1S/C37H40N2O11/c1-45-23-8-9-27(46-2)21(16-23)10-12-39(37(44)30-17-22-6-5-7-28(47-3)33(22)49-30)26-18-25(36(43)38-11-13-40)31-24-14-20(19-41)15-29(48-4)34(24)50-35(31)32(26)42/h5-9,14-18,26,31-32,35,40-42H,10-13,19H2,1-4H3,(H,38,43)/t26-,31+,32+,35+/m1/s1. The second kappa shape index (κ2) is 14.7. The van der Waals surface area contributed by atoms with Gasteiger partial charge in [-0.1, -0.05) is 12.1 Å². The molecule has 0 spiro atoms. The van der Waals surface area contributed by atoms with E-state index in [0.29, 0.717) is 50.8 Å². The smallest absolute Gasteiger partial charge is 0.290 e. The lowest BCUT2D eigenvalue weighted by Crippen LogP contribution is -2.56. The monoisotopic (exact) mass is 688 g/mol. The van der Waals surface area contributed by atoms with Gasteiger partial charge >= 0.3 is 0 Å². The molecule has 6 rings (SSSR count). The molecule has 2 aliphatic rings. The number of carbonyl (C=O) groups excluding carboxylic acids is 2. The number of aliphatic hydroxyl groups excluding tert-OH is 3. The molecule has 0 saturated heterocycles. The molecular formula is C37H40N2O11. The summed E-state index contributed by atoms with van der Waals surface area (Å²) in [6.45, 7) is -0.548. The maximum Gasteiger partial charge on any atom is 0.290 e. The quantitative estimate of drug-likeness (QED) is 0.163. The third-order valence-electron chi connectivity index (χ3n) is 9.16. The van der Waals surface area contributed by atoms with Crippen LogP contribution in [0.15, 0.2) is 70.7 Å². The summed E-state index contributed by atoms with van der Waals surface area (Å²) >= 11 is 0. The molecule has 13 heteroatoms. The van der Waals surface area contributed by atoms with Crippen LogP contribution in [0.2, 0.25) is 0 Å². The number of nitrogens with one attached hydrogen (secondary N) is 1. The van der Waals surface area contributed by atoms with E-state index in [0.717, 1.165) is 5.56 Å². The molecule has 13 nitrogen and oxygen atoms in total. The van der Waals surface area contributed by atoms with Crippen molar-refractivity contribution in [1.82, 2.24) is 10.2 Å². The van der Waals surface area contributed by atoms with Gasteiger partial charge in [-0.15, -0.1) is 0 Å². The highest BCUT2D eigenvalue weighted by Crippen LogP contribution is 2.51. The lowest BCUT2D eigenvalue weighted by molar-refractivity contribution is -0.118. The lowest BCUT2D eigenvalue weighted by Gasteiger charge is -2.40. The summed E-state index contributed by atoms with van der Waals surface area (Å²) < 4.78 is 34.5. The van der Waals surface area contributed by atoms with Crippen LogP contribution in [0, 0.1) is 0 Å². The van der Waals surface area contributed by atoms with Crippen molar-refractivity contribution in [2.75, 3.05) is 48.1 Å². The summed E-state index contributed by atoms with van der Waals surface area (Å²) in [7, 11) is 6.07. The Bertz CT molecular complexity index is 1920. The summed E-state index contributed by atoms with van der Waals surface area (Å²) in [5.41, 5.74) is 2.43. The number of rotatable bonds is 13. The number of amides is 2. The van der Waals surface area contributed by atoms with Crippen molar-refractivity contribution >= 4 is 22.8 Å². The minimum absolute atomic E-state index is 0.000922. The normalized spacial score (nSPS) is 19.1. The molecule has 2 heterocycles. The first kappa shape index (κ1) is 34.6. The van der Waals surface area contributed by atoms with E-state index >= 15 is 0 Å². The summed E-state index contributed by atoms with van der Waals surface area (Å²) in [6, 6.07) is 14.5. The van der Waals surface area contributed by atoms with E-state index in [1.54, 1.807) is 68.8 Å². The van der Waals surface area contributed by atoms with E-state index in [2.05, 4.69) is 5.32 Å². The number of nitrogens with zero attached hydrogens (tertiary/aromatic N) is 1. The predicted molar refractivity (Wildman–Crippen MR) is 181 cm³/mol. The molecule has 0 fully saturated rings. The number of ether oxygens (including phenoxy) is 5. The number of furan rings is 1. The topological polar surface area (TPSA) is 169 Å². The number of hydrogen-bond donors (Lipinski definition) is 4. The average Bonchev–Trinajstić information content (AvgIpc) is 3.77. The number of hydrogen-bond acceptors (Lipinski definition) is 11. The van der Waals surface area contributed by atoms with Crippen molar-refractivity contribution < 1.29 is 53.0 Å². The highest BCUT2D eigenvalue weighted by molar-refractivity contribution is 5.99. The van der Waals surface area contributed by atoms with Crippen molar-refractivity contribution in [2.45, 2.75) is 37.2 Å². The Morgan fingerprint density at radius 2 is 1.70 bits per heavy atom. The van der Waals surface area contributed by atoms with Crippen molar-refractivity contribution in [3.8, 4) is 28.7 Å². The Balaban J connectivity index is 1.47.